The Balaban J connectivity index is 2.05. The van der Waals surface area contributed by atoms with Crippen LogP contribution in [0.15, 0.2) is 46.5 Å². The highest BCUT2D eigenvalue weighted by Gasteiger charge is 2.22. The maximum absolute atomic E-state index is 13.3. The first-order valence-electron chi connectivity index (χ1n) is 9.19. The lowest BCUT2D eigenvalue weighted by Crippen LogP contribution is -2.39. The predicted octanol–water partition coefficient (Wildman–Crippen LogP) is 2.31. The lowest BCUT2D eigenvalue weighted by molar-refractivity contribution is 0.656. The highest BCUT2D eigenvalue weighted by atomic mass is 16.2. The number of hydrogen-bond acceptors (Lipinski definition) is 3. The number of aromatic nitrogens is 5. The van der Waals surface area contributed by atoms with Gasteiger partial charge in [0.15, 0.2) is 11.2 Å². The third-order valence-electron chi connectivity index (χ3n) is 5.40. The Labute approximate surface area is 161 Å². The molecule has 0 atom stereocenters. The predicted molar refractivity (Wildman–Crippen MR) is 110 cm³/mol. The molecule has 0 saturated heterocycles. The van der Waals surface area contributed by atoms with Crippen LogP contribution in [0.3, 0.4) is 0 Å². The lowest BCUT2D eigenvalue weighted by Gasteiger charge is -2.09. The zero-order valence-electron chi connectivity index (χ0n) is 16.6. The minimum atomic E-state index is -0.372. The van der Waals surface area contributed by atoms with Gasteiger partial charge in [-0.1, -0.05) is 35.9 Å². The van der Waals surface area contributed by atoms with Crippen molar-refractivity contribution in [3.63, 3.8) is 0 Å². The summed E-state index contributed by atoms with van der Waals surface area (Å²) in [5, 5.41) is 0. The molecule has 4 aromatic rings. The first-order valence-corrected chi connectivity index (χ1v) is 9.19. The summed E-state index contributed by atoms with van der Waals surface area (Å²) in [5.74, 6) is 0.644. The molecule has 0 amide bonds. The third kappa shape index (κ3) is 2.46. The van der Waals surface area contributed by atoms with Crippen molar-refractivity contribution in [2.45, 2.75) is 33.9 Å². The van der Waals surface area contributed by atoms with Crippen molar-refractivity contribution < 1.29 is 0 Å². The second-order valence-corrected chi connectivity index (χ2v) is 7.21. The number of fused-ring (bicyclic) bond motifs is 3. The Morgan fingerprint density at radius 3 is 2.36 bits per heavy atom. The molecule has 4 rings (SSSR count). The molecule has 0 radical (unpaired) electrons. The van der Waals surface area contributed by atoms with Crippen molar-refractivity contribution in [2.24, 2.45) is 7.05 Å². The van der Waals surface area contributed by atoms with Gasteiger partial charge in [0.2, 0.25) is 5.78 Å². The van der Waals surface area contributed by atoms with Crippen LogP contribution < -0.4 is 11.2 Å². The normalized spacial score (nSPS) is 11.6. The number of rotatable bonds is 4. The van der Waals surface area contributed by atoms with Gasteiger partial charge in [0.05, 0.1) is 6.54 Å². The Morgan fingerprint density at radius 1 is 1.04 bits per heavy atom. The fraction of sp³-hybridized carbons (Fsp3) is 0.286. The fourth-order valence-corrected chi connectivity index (χ4v) is 3.68. The summed E-state index contributed by atoms with van der Waals surface area (Å²) in [6, 6.07) is 7.83. The van der Waals surface area contributed by atoms with Crippen LogP contribution in [0.2, 0.25) is 0 Å². The molecule has 28 heavy (non-hydrogen) atoms. The van der Waals surface area contributed by atoms with E-state index in [9.17, 15) is 9.59 Å². The van der Waals surface area contributed by atoms with E-state index in [1.54, 1.807) is 13.1 Å². The van der Waals surface area contributed by atoms with E-state index in [0.717, 1.165) is 22.5 Å². The van der Waals surface area contributed by atoms with Crippen LogP contribution in [0.5, 0.6) is 0 Å². The van der Waals surface area contributed by atoms with Crippen molar-refractivity contribution in [1.29, 1.82) is 0 Å². The van der Waals surface area contributed by atoms with Crippen LogP contribution in [-0.4, -0.2) is 23.1 Å². The maximum Gasteiger partial charge on any atom is 0.332 e. The van der Waals surface area contributed by atoms with Crippen molar-refractivity contribution >= 4 is 16.9 Å². The van der Waals surface area contributed by atoms with Gasteiger partial charge < -0.3 is 4.57 Å². The van der Waals surface area contributed by atoms with E-state index in [1.807, 2.05) is 54.0 Å². The highest BCUT2D eigenvalue weighted by Crippen LogP contribution is 2.20. The molecule has 3 aromatic heterocycles. The quantitative estimate of drug-likeness (QED) is 0.513. The Hall–Kier alpha value is -3.35. The van der Waals surface area contributed by atoms with Gasteiger partial charge >= 0.3 is 5.69 Å². The average Bonchev–Trinajstić information content (AvgIpc) is 3.17. The third-order valence-corrected chi connectivity index (χ3v) is 5.40. The van der Waals surface area contributed by atoms with Gasteiger partial charge in [-0.3, -0.25) is 18.3 Å². The summed E-state index contributed by atoms with van der Waals surface area (Å²) >= 11 is 0. The zero-order valence-corrected chi connectivity index (χ0v) is 16.6. The van der Waals surface area contributed by atoms with Gasteiger partial charge in [-0.15, -0.1) is 6.58 Å². The fourth-order valence-electron chi connectivity index (χ4n) is 3.68. The molecule has 144 valence electrons. The topological polar surface area (TPSA) is 66.2 Å². The number of aryl methyl sites for hydroxylation is 3. The summed E-state index contributed by atoms with van der Waals surface area (Å²) in [4.78, 5) is 30.9. The van der Waals surface area contributed by atoms with Gasteiger partial charge in [0.1, 0.15) is 0 Å². The molecule has 0 saturated carbocycles. The van der Waals surface area contributed by atoms with Gasteiger partial charge in [0, 0.05) is 25.0 Å². The molecular formula is C21H23N5O2. The first kappa shape index (κ1) is 18.0. The number of allylic oxidation sites excluding steroid dienone is 1. The summed E-state index contributed by atoms with van der Waals surface area (Å²) in [5.41, 5.74) is 4.10. The van der Waals surface area contributed by atoms with E-state index in [2.05, 4.69) is 11.6 Å². The number of imidazole rings is 2. The molecule has 0 N–H and O–H groups in total. The summed E-state index contributed by atoms with van der Waals surface area (Å²) in [6.07, 6.45) is 1.79. The monoisotopic (exact) mass is 377 g/mol. The van der Waals surface area contributed by atoms with Crippen molar-refractivity contribution in [3.8, 4) is 0 Å². The van der Waals surface area contributed by atoms with Crippen LogP contribution in [0.1, 0.15) is 22.5 Å². The number of hydrogen-bond donors (Lipinski definition) is 0. The molecule has 0 unspecified atom stereocenters. The van der Waals surface area contributed by atoms with E-state index in [1.165, 1.54) is 9.13 Å². The molecule has 3 heterocycles. The summed E-state index contributed by atoms with van der Waals surface area (Å²) < 4.78 is 6.57. The molecule has 0 aliphatic heterocycles. The van der Waals surface area contributed by atoms with Crippen molar-refractivity contribution in [3.05, 3.63) is 80.3 Å². The second-order valence-electron chi connectivity index (χ2n) is 7.21. The summed E-state index contributed by atoms with van der Waals surface area (Å²) in [6.45, 7) is 10.6. The van der Waals surface area contributed by atoms with Crippen LogP contribution >= 0.6 is 0 Å². The number of benzene rings is 1. The van der Waals surface area contributed by atoms with E-state index < -0.39 is 0 Å². The molecular weight excluding hydrogens is 354 g/mol. The van der Waals surface area contributed by atoms with Gasteiger partial charge in [-0.25, -0.2) is 4.79 Å². The molecule has 7 heteroatoms. The van der Waals surface area contributed by atoms with E-state index >= 15 is 0 Å². The van der Waals surface area contributed by atoms with Gasteiger partial charge in [0.25, 0.3) is 5.56 Å². The van der Waals surface area contributed by atoms with Gasteiger partial charge in [-0.2, -0.15) is 4.98 Å². The molecule has 0 aliphatic carbocycles. The van der Waals surface area contributed by atoms with E-state index in [4.69, 9.17) is 0 Å². The van der Waals surface area contributed by atoms with Crippen LogP contribution in [0.4, 0.5) is 0 Å². The molecule has 0 spiro atoms. The second kappa shape index (κ2) is 6.37. The van der Waals surface area contributed by atoms with Crippen LogP contribution in [-0.2, 0) is 20.1 Å². The largest absolute Gasteiger partial charge is 0.332 e. The van der Waals surface area contributed by atoms with Gasteiger partial charge in [-0.05, 0) is 26.3 Å². The van der Waals surface area contributed by atoms with Crippen LogP contribution in [0.25, 0.3) is 16.9 Å². The van der Waals surface area contributed by atoms with Crippen molar-refractivity contribution in [2.75, 3.05) is 0 Å². The summed E-state index contributed by atoms with van der Waals surface area (Å²) in [7, 11) is 1.65. The standard InChI is InChI=1S/C21H23N5O2/c1-6-11-24-14(3)15(4)26-17-18(22-20(24)26)23(5)21(28)25(19(17)27)12-16-9-7-13(2)8-10-16/h6-10H,1,11-12H2,2-5H3. The Morgan fingerprint density at radius 2 is 1.71 bits per heavy atom. The van der Waals surface area contributed by atoms with Crippen LogP contribution in [0, 0.1) is 20.8 Å². The lowest BCUT2D eigenvalue weighted by atomic mass is 10.1. The molecule has 1 aromatic carbocycles. The zero-order chi connectivity index (χ0) is 20.2. The smallest absolute Gasteiger partial charge is 0.310 e. The minimum Gasteiger partial charge on any atom is -0.310 e. The van der Waals surface area contributed by atoms with E-state index in [0.29, 0.717) is 23.5 Å². The highest BCUT2D eigenvalue weighted by molar-refractivity contribution is 5.76. The molecule has 0 fully saturated rings. The molecule has 0 bridgehead atoms. The average molecular weight is 377 g/mol. The Kier molecular flexibility index (Phi) is 4.10. The minimum absolute atomic E-state index is 0.223. The molecule has 7 nitrogen and oxygen atoms in total. The van der Waals surface area contributed by atoms with Crippen molar-refractivity contribution in [1.82, 2.24) is 23.1 Å². The maximum atomic E-state index is 13.3. The SMILES string of the molecule is C=CCn1c(C)c(C)n2c3c(=O)n(Cc4ccc(C)cc4)c(=O)n(C)c3nc12. The molecule has 0 aliphatic rings. The number of nitrogens with zero attached hydrogens (tertiary/aromatic N) is 5. The van der Waals surface area contributed by atoms with E-state index in [-0.39, 0.29) is 17.8 Å². The first-order chi connectivity index (χ1) is 13.3. The Bertz CT molecular complexity index is 1350.